The molecule has 0 fully saturated rings. The van der Waals surface area contributed by atoms with E-state index in [0.29, 0.717) is 5.25 Å². The Hall–Kier alpha value is 1.75. The van der Waals surface area contributed by atoms with Crippen molar-refractivity contribution in [3.8, 4) is 0 Å². The highest BCUT2D eigenvalue weighted by Crippen LogP contribution is 2.48. The Labute approximate surface area is 104 Å². The average molecular weight is 428 g/mol. The molecule has 5 heteroatoms. The van der Waals surface area contributed by atoms with Crippen molar-refractivity contribution in [3.63, 3.8) is 0 Å². The van der Waals surface area contributed by atoms with Crippen LogP contribution in [-0.4, -0.2) is 7.82 Å². The zero-order valence-corrected chi connectivity index (χ0v) is 12.4. The Morgan fingerprint density at radius 1 is 1.45 bits per heavy atom. The van der Waals surface area contributed by atoms with Crippen LogP contribution in [0.15, 0.2) is 21.6 Å². The monoisotopic (exact) mass is 424 g/mol. The number of thioether (sulfide) groups is 1. The molecule has 0 radical (unpaired) electrons. The maximum atomic E-state index is 3.51. The van der Waals surface area contributed by atoms with Gasteiger partial charge in [0.05, 0.1) is 3.39 Å². The Morgan fingerprint density at radius 3 is 2.45 bits per heavy atom. The highest BCUT2D eigenvalue weighted by atomic mass is 79.9. The molecule has 0 aliphatic carbocycles. The third-order valence-electron chi connectivity index (χ3n) is 1.06. The summed E-state index contributed by atoms with van der Waals surface area (Å²) in [6.45, 7) is 0. The standard InChI is InChI=1S/C6H4Br4S/c7-5(8)3-4-1-2-6(9,10)11-4/h1-4H. The van der Waals surface area contributed by atoms with Gasteiger partial charge in [-0.2, -0.15) is 0 Å². The number of alkyl halides is 2. The fourth-order valence-electron chi connectivity index (χ4n) is 0.681. The molecule has 0 saturated heterocycles. The van der Waals surface area contributed by atoms with Gasteiger partial charge in [-0.05, 0) is 44.0 Å². The van der Waals surface area contributed by atoms with E-state index in [-0.39, 0.29) is 2.57 Å². The quantitative estimate of drug-likeness (QED) is 0.430. The second kappa shape index (κ2) is 4.31. The predicted octanol–water partition coefficient (Wildman–Crippen LogP) is 4.73. The van der Waals surface area contributed by atoms with Crippen molar-refractivity contribution < 1.29 is 0 Å². The van der Waals surface area contributed by atoms with Gasteiger partial charge in [0.2, 0.25) is 0 Å². The predicted molar refractivity (Wildman–Crippen MR) is 67.0 cm³/mol. The summed E-state index contributed by atoms with van der Waals surface area (Å²) in [4.78, 5) is 0. The van der Waals surface area contributed by atoms with E-state index in [4.69, 9.17) is 0 Å². The van der Waals surface area contributed by atoms with Crippen LogP contribution < -0.4 is 0 Å². The Kier molecular flexibility index (Phi) is 4.24. The summed E-state index contributed by atoms with van der Waals surface area (Å²) >= 11 is 15.4. The van der Waals surface area contributed by atoms with Crippen molar-refractivity contribution in [2.45, 2.75) is 7.82 Å². The topological polar surface area (TPSA) is 0 Å². The third kappa shape index (κ3) is 3.98. The lowest BCUT2D eigenvalue weighted by Crippen LogP contribution is -1.97. The molecular formula is C6H4Br4S. The lowest BCUT2D eigenvalue weighted by Gasteiger charge is -2.10. The zero-order valence-electron chi connectivity index (χ0n) is 5.23. The Balaban J connectivity index is 2.58. The average Bonchev–Trinajstić information content (AvgIpc) is 2.08. The molecule has 62 valence electrons. The van der Waals surface area contributed by atoms with Crippen molar-refractivity contribution >= 4 is 75.5 Å². The van der Waals surface area contributed by atoms with E-state index in [1.165, 1.54) is 0 Å². The first-order valence-corrected chi connectivity index (χ1v) is 6.82. The number of halogens is 4. The molecule has 0 aromatic carbocycles. The summed E-state index contributed by atoms with van der Waals surface area (Å²) in [6.07, 6.45) is 6.31. The molecule has 1 atom stereocenters. The lowest BCUT2D eigenvalue weighted by molar-refractivity contribution is 1.45. The second-order valence-electron chi connectivity index (χ2n) is 1.96. The molecule has 1 aliphatic rings. The molecule has 0 saturated carbocycles. The van der Waals surface area contributed by atoms with Crippen LogP contribution in [0.3, 0.4) is 0 Å². The minimum Gasteiger partial charge on any atom is -0.116 e. The van der Waals surface area contributed by atoms with E-state index in [1.54, 1.807) is 11.8 Å². The van der Waals surface area contributed by atoms with Gasteiger partial charge < -0.3 is 0 Å². The summed E-state index contributed by atoms with van der Waals surface area (Å²) in [5.41, 5.74) is 0. The van der Waals surface area contributed by atoms with Crippen LogP contribution in [0, 0.1) is 0 Å². The molecule has 1 aliphatic heterocycles. The van der Waals surface area contributed by atoms with E-state index in [2.05, 4.69) is 81.9 Å². The second-order valence-corrected chi connectivity index (χ2v) is 10.8. The molecular weight excluding hydrogens is 424 g/mol. The molecule has 0 bridgehead atoms. The minimum atomic E-state index is -0.0728. The van der Waals surface area contributed by atoms with Crippen LogP contribution in [0.4, 0.5) is 0 Å². The fourth-order valence-corrected chi connectivity index (χ4v) is 4.08. The van der Waals surface area contributed by atoms with Crippen LogP contribution in [0.1, 0.15) is 0 Å². The van der Waals surface area contributed by atoms with Gasteiger partial charge in [-0.15, -0.1) is 11.8 Å². The summed E-state index contributed by atoms with van der Waals surface area (Å²) in [6, 6.07) is 0. The van der Waals surface area contributed by atoms with Gasteiger partial charge in [-0.1, -0.05) is 37.9 Å². The molecule has 1 unspecified atom stereocenters. The van der Waals surface area contributed by atoms with Gasteiger partial charge in [0, 0.05) is 5.25 Å². The first-order chi connectivity index (χ1) is 4.99. The van der Waals surface area contributed by atoms with E-state index in [0.717, 1.165) is 3.39 Å². The highest BCUT2D eigenvalue weighted by molar-refractivity contribution is 9.28. The number of rotatable bonds is 1. The third-order valence-corrected chi connectivity index (χ3v) is 4.26. The van der Waals surface area contributed by atoms with Gasteiger partial charge in [0.15, 0.2) is 0 Å². The van der Waals surface area contributed by atoms with Crippen molar-refractivity contribution in [1.29, 1.82) is 0 Å². The van der Waals surface area contributed by atoms with Crippen LogP contribution in [0.5, 0.6) is 0 Å². The molecule has 0 amide bonds. The maximum absolute atomic E-state index is 3.51. The first kappa shape index (κ1) is 10.8. The van der Waals surface area contributed by atoms with Crippen molar-refractivity contribution in [3.05, 3.63) is 21.6 Å². The van der Waals surface area contributed by atoms with Crippen LogP contribution in [0.25, 0.3) is 0 Å². The van der Waals surface area contributed by atoms with Gasteiger partial charge in [-0.3, -0.25) is 0 Å². The maximum Gasteiger partial charge on any atom is 0.144 e. The first-order valence-electron chi connectivity index (χ1n) is 2.77. The molecule has 1 rings (SSSR count). The van der Waals surface area contributed by atoms with Crippen molar-refractivity contribution in [2.75, 3.05) is 0 Å². The molecule has 0 aromatic heterocycles. The summed E-state index contributed by atoms with van der Waals surface area (Å²) in [7, 11) is 0. The van der Waals surface area contributed by atoms with Crippen molar-refractivity contribution in [1.82, 2.24) is 0 Å². The summed E-state index contributed by atoms with van der Waals surface area (Å²) < 4.78 is 0.918. The molecule has 0 aromatic rings. The Bertz CT molecular complexity index is 205. The van der Waals surface area contributed by atoms with E-state index >= 15 is 0 Å². The summed E-state index contributed by atoms with van der Waals surface area (Å²) in [5.74, 6) is 0. The van der Waals surface area contributed by atoms with E-state index < -0.39 is 0 Å². The zero-order chi connectivity index (χ0) is 8.48. The Morgan fingerprint density at radius 2 is 2.09 bits per heavy atom. The van der Waals surface area contributed by atoms with Crippen LogP contribution >= 0.6 is 75.5 Å². The number of hydrogen-bond acceptors (Lipinski definition) is 1. The molecule has 11 heavy (non-hydrogen) atoms. The molecule has 0 spiro atoms. The van der Waals surface area contributed by atoms with E-state index in [9.17, 15) is 0 Å². The van der Waals surface area contributed by atoms with Gasteiger partial charge >= 0.3 is 0 Å². The van der Waals surface area contributed by atoms with Crippen molar-refractivity contribution in [2.24, 2.45) is 0 Å². The van der Waals surface area contributed by atoms with Gasteiger partial charge in [0.25, 0.3) is 0 Å². The SMILES string of the molecule is BrC(Br)=CC1C=CC(Br)(Br)S1. The minimum absolute atomic E-state index is 0.0728. The molecule has 0 nitrogen and oxygen atoms in total. The van der Waals surface area contributed by atoms with Crippen LogP contribution in [0.2, 0.25) is 0 Å². The van der Waals surface area contributed by atoms with Crippen LogP contribution in [-0.2, 0) is 0 Å². The summed E-state index contributed by atoms with van der Waals surface area (Å²) in [5, 5.41) is 0.419. The van der Waals surface area contributed by atoms with Gasteiger partial charge in [-0.25, -0.2) is 0 Å². The number of hydrogen-bond donors (Lipinski definition) is 0. The van der Waals surface area contributed by atoms with E-state index in [1.807, 2.05) is 0 Å². The largest absolute Gasteiger partial charge is 0.144 e. The molecule has 1 heterocycles. The highest BCUT2D eigenvalue weighted by Gasteiger charge is 2.28. The normalized spacial score (nSPS) is 27.1. The lowest BCUT2D eigenvalue weighted by atomic mass is 10.4. The molecule has 0 N–H and O–H groups in total. The smallest absolute Gasteiger partial charge is 0.116 e. The fraction of sp³-hybridized carbons (Fsp3) is 0.333. The van der Waals surface area contributed by atoms with Gasteiger partial charge in [0.1, 0.15) is 2.57 Å².